The van der Waals surface area contributed by atoms with E-state index in [0.717, 1.165) is 27.4 Å². The first-order valence-electron chi connectivity index (χ1n) is 6.52. The Balaban J connectivity index is 1.84. The Hall–Kier alpha value is -2.28. The van der Waals surface area contributed by atoms with E-state index in [9.17, 15) is 4.79 Å². The molecule has 0 unspecified atom stereocenters. The summed E-state index contributed by atoms with van der Waals surface area (Å²) in [4.78, 5) is 13.7. The highest BCUT2D eigenvalue weighted by Crippen LogP contribution is 2.35. The number of aromatic nitrogens is 2. The number of amides is 1. The topological polar surface area (TPSA) is 86.1 Å². The Bertz CT molecular complexity index is 828. The van der Waals surface area contributed by atoms with Crippen molar-refractivity contribution in [1.82, 2.24) is 15.1 Å². The van der Waals surface area contributed by atoms with Crippen molar-refractivity contribution < 1.29 is 9.21 Å². The molecular formula is C14H16N4O2S. The second-order valence-corrected chi connectivity index (χ2v) is 5.93. The minimum Gasteiger partial charge on any atom is -0.465 e. The van der Waals surface area contributed by atoms with Crippen LogP contribution in [0.2, 0.25) is 0 Å². The Morgan fingerprint density at radius 3 is 2.86 bits per heavy atom. The predicted octanol–water partition coefficient (Wildman–Crippen LogP) is 2.36. The first-order chi connectivity index (χ1) is 9.97. The molecule has 21 heavy (non-hydrogen) atoms. The summed E-state index contributed by atoms with van der Waals surface area (Å²) in [6, 6.07) is 3.71. The molecule has 1 amide bonds. The number of furan rings is 1. The molecule has 7 heteroatoms. The Kier molecular flexibility index (Phi) is 3.21. The summed E-state index contributed by atoms with van der Waals surface area (Å²) >= 11 is 1.35. The number of anilines is 1. The van der Waals surface area contributed by atoms with E-state index in [2.05, 4.69) is 10.4 Å². The molecule has 0 aliphatic carbocycles. The maximum atomic E-state index is 12.3. The average molecular weight is 304 g/mol. The van der Waals surface area contributed by atoms with Crippen molar-refractivity contribution in [2.75, 3.05) is 5.73 Å². The van der Waals surface area contributed by atoms with Gasteiger partial charge < -0.3 is 15.5 Å². The summed E-state index contributed by atoms with van der Waals surface area (Å²) in [7, 11) is 1.85. The van der Waals surface area contributed by atoms with Crippen LogP contribution in [-0.2, 0) is 13.6 Å². The van der Waals surface area contributed by atoms with Crippen LogP contribution >= 0.6 is 11.3 Å². The molecule has 0 fully saturated rings. The number of fused-ring (bicyclic) bond motifs is 1. The van der Waals surface area contributed by atoms with Crippen molar-refractivity contribution in [2.45, 2.75) is 20.4 Å². The number of nitrogens with zero attached hydrogens (tertiary/aromatic N) is 2. The van der Waals surface area contributed by atoms with Crippen LogP contribution < -0.4 is 11.1 Å². The number of aryl methyl sites for hydroxylation is 3. The van der Waals surface area contributed by atoms with Gasteiger partial charge in [-0.25, -0.2) is 0 Å². The maximum Gasteiger partial charge on any atom is 0.263 e. The van der Waals surface area contributed by atoms with Crippen LogP contribution in [0.5, 0.6) is 0 Å². The number of nitrogens with one attached hydrogen (secondary N) is 1. The van der Waals surface area contributed by atoms with E-state index in [1.807, 2.05) is 33.0 Å². The fourth-order valence-electron chi connectivity index (χ4n) is 2.33. The van der Waals surface area contributed by atoms with Gasteiger partial charge in [-0.2, -0.15) is 5.10 Å². The molecule has 0 aliphatic heterocycles. The SMILES string of the molecule is Cc1ccc(CNC(=O)c2sc3c(c(C)nn3C)c2N)o1. The molecule has 0 saturated heterocycles. The van der Waals surface area contributed by atoms with Crippen molar-refractivity contribution in [3.63, 3.8) is 0 Å². The summed E-state index contributed by atoms with van der Waals surface area (Å²) in [5, 5.41) is 8.00. The van der Waals surface area contributed by atoms with Crippen LogP contribution in [-0.4, -0.2) is 15.7 Å². The van der Waals surface area contributed by atoms with Gasteiger partial charge in [0.05, 0.1) is 23.3 Å². The number of nitrogen functional groups attached to an aromatic ring is 1. The van der Waals surface area contributed by atoms with E-state index in [1.165, 1.54) is 11.3 Å². The minimum absolute atomic E-state index is 0.192. The summed E-state index contributed by atoms with van der Waals surface area (Å²) in [6.07, 6.45) is 0. The highest BCUT2D eigenvalue weighted by atomic mass is 32.1. The van der Waals surface area contributed by atoms with Gasteiger partial charge in [-0.3, -0.25) is 9.48 Å². The molecule has 0 bridgehead atoms. The Labute approximate surface area is 125 Å². The molecule has 3 N–H and O–H groups in total. The van der Waals surface area contributed by atoms with Crippen molar-refractivity contribution >= 4 is 33.1 Å². The van der Waals surface area contributed by atoms with Crippen LogP contribution in [0.3, 0.4) is 0 Å². The molecule has 110 valence electrons. The Morgan fingerprint density at radius 1 is 1.48 bits per heavy atom. The molecule has 0 radical (unpaired) electrons. The first-order valence-corrected chi connectivity index (χ1v) is 7.34. The lowest BCUT2D eigenvalue weighted by molar-refractivity contribution is 0.0953. The Morgan fingerprint density at radius 2 is 2.24 bits per heavy atom. The molecule has 0 saturated carbocycles. The lowest BCUT2D eigenvalue weighted by atomic mass is 10.2. The minimum atomic E-state index is -0.192. The normalized spacial score (nSPS) is 11.2. The van der Waals surface area contributed by atoms with Crippen molar-refractivity contribution in [3.8, 4) is 0 Å². The zero-order chi connectivity index (χ0) is 15.1. The fourth-order valence-corrected chi connectivity index (χ4v) is 3.43. The number of rotatable bonds is 3. The largest absolute Gasteiger partial charge is 0.465 e. The molecule has 3 aromatic heterocycles. The monoisotopic (exact) mass is 304 g/mol. The van der Waals surface area contributed by atoms with E-state index in [-0.39, 0.29) is 5.91 Å². The number of hydrogen-bond acceptors (Lipinski definition) is 5. The number of hydrogen-bond donors (Lipinski definition) is 2. The average Bonchev–Trinajstić information content (AvgIpc) is 3.06. The molecule has 0 aromatic carbocycles. The third-order valence-electron chi connectivity index (χ3n) is 3.31. The van der Waals surface area contributed by atoms with Crippen molar-refractivity contribution in [2.24, 2.45) is 7.05 Å². The number of carbonyl (C=O) groups excluding carboxylic acids is 1. The standard InChI is InChI=1S/C14H16N4O2S/c1-7-4-5-9(20-7)6-16-13(19)12-11(15)10-8(2)17-18(3)14(10)21-12/h4-5H,6,15H2,1-3H3,(H,16,19). The van der Waals surface area contributed by atoms with E-state index in [0.29, 0.717) is 17.1 Å². The van der Waals surface area contributed by atoms with E-state index in [4.69, 9.17) is 10.2 Å². The van der Waals surface area contributed by atoms with Gasteiger partial charge in [-0.15, -0.1) is 11.3 Å². The highest BCUT2D eigenvalue weighted by Gasteiger charge is 2.20. The van der Waals surface area contributed by atoms with E-state index in [1.54, 1.807) is 4.68 Å². The van der Waals surface area contributed by atoms with Gasteiger partial charge in [0.2, 0.25) is 0 Å². The zero-order valence-electron chi connectivity index (χ0n) is 12.1. The first kappa shape index (κ1) is 13.7. The number of nitrogens with two attached hydrogens (primary N) is 1. The van der Waals surface area contributed by atoms with Crippen LogP contribution in [0.25, 0.3) is 10.2 Å². The lowest BCUT2D eigenvalue weighted by Crippen LogP contribution is -2.22. The third-order valence-corrected chi connectivity index (χ3v) is 4.58. The van der Waals surface area contributed by atoms with Crippen molar-refractivity contribution in [3.05, 3.63) is 34.2 Å². The van der Waals surface area contributed by atoms with Crippen molar-refractivity contribution in [1.29, 1.82) is 0 Å². The molecule has 0 aliphatic rings. The zero-order valence-corrected chi connectivity index (χ0v) is 12.9. The van der Waals surface area contributed by atoms with E-state index >= 15 is 0 Å². The number of thiophene rings is 1. The molecule has 3 heterocycles. The molecule has 3 rings (SSSR count). The van der Waals surface area contributed by atoms with Crippen LogP contribution in [0, 0.1) is 13.8 Å². The van der Waals surface area contributed by atoms with Crippen LogP contribution in [0.1, 0.15) is 26.9 Å². The molecule has 0 atom stereocenters. The summed E-state index contributed by atoms with van der Waals surface area (Å²) in [6.45, 7) is 4.10. The van der Waals surface area contributed by atoms with Gasteiger partial charge in [0.25, 0.3) is 5.91 Å². The summed E-state index contributed by atoms with van der Waals surface area (Å²) in [5.41, 5.74) is 7.43. The molecule has 3 aromatic rings. The lowest BCUT2D eigenvalue weighted by Gasteiger charge is -2.02. The molecule has 0 spiro atoms. The maximum absolute atomic E-state index is 12.3. The van der Waals surface area contributed by atoms with Gasteiger partial charge >= 0.3 is 0 Å². The second kappa shape index (κ2) is 4.92. The molecule has 6 nitrogen and oxygen atoms in total. The summed E-state index contributed by atoms with van der Waals surface area (Å²) < 4.78 is 7.17. The van der Waals surface area contributed by atoms with Gasteiger partial charge in [0.15, 0.2) is 0 Å². The third kappa shape index (κ3) is 2.29. The van der Waals surface area contributed by atoms with E-state index < -0.39 is 0 Å². The van der Waals surface area contributed by atoms with Crippen LogP contribution in [0.15, 0.2) is 16.5 Å². The summed E-state index contributed by atoms with van der Waals surface area (Å²) in [5.74, 6) is 1.35. The predicted molar refractivity (Wildman–Crippen MR) is 82.4 cm³/mol. The second-order valence-electron chi connectivity index (χ2n) is 4.93. The quantitative estimate of drug-likeness (QED) is 0.777. The number of carbonyl (C=O) groups is 1. The van der Waals surface area contributed by atoms with Crippen LogP contribution in [0.4, 0.5) is 5.69 Å². The molecular weight excluding hydrogens is 288 g/mol. The fraction of sp³-hybridized carbons (Fsp3) is 0.286. The smallest absolute Gasteiger partial charge is 0.263 e. The highest BCUT2D eigenvalue weighted by molar-refractivity contribution is 7.21. The van der Waals surface area contributed by atoms with Gasteiger partial charge in [-0.05, 0) is 26.0 Å². The van der Waals surface area contributed by atoms with Gasteiger partial charge in [0.1, 0.15) is 21.2 Å². The van der Waals surface area contributed by atoms with Gasteiger partial charge in [0, 0.05) is 7.05 Å². The van der Waals surface area contributed by atoms with Gasteiger partial charge in [-0.1, -0.05) is 0 Å².